The van der Waals surface area contributed by atoms with Crippen molar-refractivity contribution in [1.29, 1.82) is 0 Å². The van der Waals surface area contributed by atoms with Crippen LogP contribution in [-0.2, 0) is 11.2 Å². The highest BCUT2D eigenvalue weighted by Crippen LogP contribution is 2.31. The number of carboxylic acids is 1. The van der Waals surface area contributed by atoms with E-state index in [1.807, 2.05) is 25.1 Å². The van der Waals surface area contributed by atoms with E-state index in [4.69, 9.17) is 0 Å². The van der Waals surface area contributed by atoms with Gasteiger partial charge < -0.3 is 5.11 Å². The predicted octanol–water partition coefficient (Wildman–Crippen LogP) is 2.41. The minimum atomic E-state index is -0.670. The van der Waals surface area contributed by atoms with Gasteiger partial charge in [0, 0.05) is 12.6 Å². The number of aliphatic carboxylic acids is 1. The molecule has 1 saturated heterocycles. The molecule has 0 radical (unpaired) electrons. The summed E-state index contributed by atoms with van der Waals surface area (Å²) in [7, 11) is 0. The predicted molar refractivity (Wildman–Crippen MR) is 71.5 cm³/mol. The molecule has 0 spiro atoms. The molecule has 0 amide bonds. The number of benzene rings is 1. The molecule has 1 aliphatic heterocycles. The molecule has 1 aliphatic rings. The van der Waals surface area contributed by atoms with Crippen molar-refractivity contribution in [2.75, 3.05) is 13.1 Å². The van der Waals surface area contributed by atoms with Crippen LogP contribution in [0.5, 0.6) is 0 Å². The van der Waals surface area contributed by atoms with Crippen molar-refractivity contribution in [3.63, 3.8) is 0 Å². The molecule has 18 heavy (non-hydrogen) atoms. The van der Waals surface area contributed by atoms with Crippen molar-refractivity contribution < 1.29 is 9.90 Å². The lowest BCUT2D eigenvalue weighted by molar-refractivity contribution is -0.147. The summed E-state index contributed by atoms with van der Waals surface area (Å²) in [5.41, 5.74) is 0.749. The Morgan fingerprint density at radius 2 is 2.11 bits per heavy atom. The first-order valence-electron chi connectivity index (χ1n) is 6.53. The molecule has 2 rings (SSSR count). The summed E-state index contributed by atoms with van der Waals surface area (Å²) in [5.74, 6) is -0.670. The minimum absolute atomic E-state index is 0.397. The second-order valence-corrected chi connectivity index (χ2v) is 5.63. The first-order valence-corrected chi connectivity index (χ1v) is 6.53. The molecule has 0 aromatic heterocycles. The summed E-state index contributed by atoms with van der Waals surface area (Å²) < 4.78 is 0. The summed E-state index contributed by atoms with van der Waals surface area (Å²) in [6, 6.07) is 10.8. The molecule has 1 aromatic carbocycles. The molecular weight excluding hydrogens is 226 g/mol. The van der Waals surface area contributed by atoms with Crippen LogP contribution in [0.4, 0.5) is 0 Å². The molecule has 1 aromatic rings. The zero-order valence-corrected chi connectivity index (χ0v) is 11.1. The summed E-state index contributed by atoms with van der Waals surface area (Å²) in [4.78, 5) is 13.5. The lowest BCUT2D eigenvalue weighted by atomic mass is 9.90. The fourth-order valence-corrected chi connectivity index (χ4v) is 2.63. The lowest BCUT2D eigenvalue weighted by Gasteiger charge is -2.26. The molecule has 0 bridgehead atoms. The van der Waals surface area contributed by atoms with Crippen molar-refractivity contribution in [2.45, 2.75) is 32.7 Å². The van der Waals surface area contributed by atoms with Crippen molar-refractivity contribution in [1.82, 2.24) is 4.90 Å². The SMILES string of the molecule is CC(Cc1ccccc1)N1CCC(C)(C(=O)O)C1. The molecule has 3 nitrogen and oxygen atoms in total. The van der Waals surface area contributed by atoms with E-state index in [0.29, 0.717) is 12.6 Å². The van der Waals surface area contributed by atoms with Gasteiger partial charge in [0.25, 0.3) is 0 Å². The van der Waals surface area contributed by atoms with Gasteiger partial charge in [-0.05, 0) is 38.8 Å². The molecule has 3 heteroatoms. The van der Waals surface area contributed by atoms with E-state index >= 15 is 0 Å². The van der Waals surface area contributed by atoms with E-state index in [-0.39, 0.29) is 0 Å². The summed E-state index contributed by atoms with van der Waals surface area (Å²) >= 11 is 0. The quantitative estimate of drug-likeness (QED) is 0.888. The monoisotopic (exact) mass is 247 g/mol. The Bertz CT molecular complexity index is 418. The van der Waals surface area contributed by atoms with Gasteiger partial charge in [-0.3, -0.25) is 9.69 Å². The maximum atomic E-state index is 11.2. The zero-order valence-electron chi connectivity index (χ0n) is 11.1. The van der Waals surface area contributed by atoms with E-state index in [0.717, 1.165) is 19.4 Å². The zero-order chi connectivity index (χ0) is 13.2. The molecular formula is C15H21NO2. The molecule has 98 valence electrons. The highest BCUT2D eigenvalue weighted by molar-refractivity contribution is 5.74. The molecule has 1 fully saturated rings. The number of likely N-dealkylation sites (tertiary alicyclic amines) is 1. The number of nitrogens with zero attached hydrogens (tertiary/aromatic N) is 1. The maximum absolute atomic E-state index is 11.2. The molecule has 0 saturated carbocycles. The van der Waals surface area contributed by atoms with Crippen molar-refractivity contribution >= 4 is 5.97 Å². The lowest BCUT2D eigenvalue weighted by Crippen LogP contribution is -2.37. The largest absolute Gasteiger partial charge is 0.481 e. The van der Waals surface area contributed by atoms with Crippen molar-refractivity contribution in [3.8, 4) is 0 Å². The van der Waals surface area contributed by atoms with Crippen LogP contribution in [0.1, 0.15) is 25.8 Å². The van der Waals surface area contributed by atoms with Gasteiger partial charge in [-0.2, -0.15) is 0 Å². The second kappa shape index (κ2) is 5.11. The van der Waals surface area contributed by atoms with Crippen LogP contribution in [0, 0.1) is 5.41 Å². The van der Waals surface area contributed by atoms with E-state index in [9.17, 15) is 9.90 Å². The van der Waals surface area contributed by atoms with Gasteiger partial charge >= 0.3 is 5.97 Å². The van der Waals surface area contributed by atoms with Gasteiger partial charge in [0.15, 0.2) is 0 Å². The van der Waals surface area contributed by atoms with Crippen LogP contribution >= 0.6 is 0 Å². The molecule has 0 aliphatic carbocycles. The van der Waals surface area contributed by atoms with Crippen LogP contribution in [-0.4, -0.2) is 35.1 Å². The van der Waals surface area contributed by atoms with Gasteiger partial charge in [-0.1, -0.05) is 30.3 Å². The van der Waals surface area contributed by atoms with Crippen LogP contribution in [0.3, 0.4) is 0 Å². The highest BCUT2D eigenvalue weighted by atomic mass is 16.4. The standard InChI is InChI=1S/C15H21NO2/c1-12(10-13-6-4-3-5-7-13)16-9-8-15(2,11-16)14(17)18/h3-7,12H,8-11H2,1-2H3,(H,17,18). The first-order chi connectivity index (χ1) is 8.51. The Hall–Kier alpha value is -1.35. The van der Waals surface area contributed by atoms with Gasteiger partial charge in [0.2, 0.25) is 0 Å². The fraction of sp³-hybridized carbons (Fsp3) is 0.533. The van der Waals surface area contributed by atoms with Crippen molar-refractivity contribution in [2.24, 2.45) is 5.41 Å². The van der Waals surface area contributed by atoms with Crippen LogP contribution in [0.25, 0.3) is 0 Å². The molecule has 2 unspecified atom stereocenters. The number of carbonyl (C=O) groups is 1. The van der Waals surface area contributed by atoms with Gasteiger partial charge in [0.05, 0.1) is 5.41 Å². The third kappa shape index (κ3) is 2.72. The summed E-state index contributed by atoms with van der Waals surface area (Å²) in [6.07, 6.45) is 1.73. The Balaban J connectivity index is 1.96. The Labute approximate surface area is 108 Å². The van der Waals surface area contributed by atoms with Crippen LogP contribution < -0.4 is 0 Å². The summed E-state index contributed by atoms with van der Waals surface area (Å²) in [5, 5.41) is 9.24. The van der Waals surface area contributed by atoms with Crippen molar-refractivity contribution in [3.05, 3.63) is 35.9 Å². The average molecular weight is 247 g/mol. The molecule has 1 heterocycles. The summed E-state index contributed by atoms with van der Waals surface area (Å²) in [6.45, 7) is 5.58. The van der Waals surface area contributed by atoms with E-state index < -0.39 is 11.4 Å². The smallest absolute Gasteiger partial charge is 0.310 e. The van der Waals surface area contributed by atoms with Crippen LogP contribution in [0.2, 0.25) is 0 Å². The fourth-order valence-electron chi connectivity index (χ4n) is 2.63. The highest BCUT2D eigenvalue weighted by Gasteiger charge is 2.41. The third-order valence-electron chi connectivity index (χ3n) is 4.02. The number of carboxylic acid groups (broad SMARTS) is 1. The van der Waals surface area contributed by atoms with E-state index in [2.05, 4.69) is 24.0 Å². The van der Waals surface area contributed by atoms with E-state index in [1.54, 1.807) is 0 Å². The molecule has 1 N–H and O–H groups in total. The Kier molecular flexibility index (Phi) is 3.71. The van der Waals surface area contributed by atoms with Gasteiger partial charge in [0.1, 0.15) is 0 Å². The van der Waals surface area contributed by atoms with Crippen LogP contribution in [0.15, 0.2) is 30.3 Å². The second-order valence-electron chi connectivity index (χ2n) is 5.63. The third-order valence-corrected chi connectivity index (χ3v) is 4.02. The van der Waals surface area contributed by atoms with Gasteiger partial charge in [-0.25, -0.2) is 0 Å². The minimum Gasteiger partial charge on any atom is -0.481 e. The number of rotatable bonds is 4. The van der Waals surface area contributed by atoms with E-state index in [1.165, 1.54) is 5.56 Å². The normalized spacial score (nSPS) is 26.1. The molecule has 2 atom stereocenters. The average Bonchev–Trinajstić information content (AvgIpc) is 2.75. The Morgan fingerprint density at radius 3 is 2.67 bits per heavy atom. The maximum Gasteiger partial charge on any atom is 0.310 e. The first kappa shape index (κ1) is 13.1. The number of hydrogen-bond acceptors (Lipinski definition) is 2. The number of hydrogen-bond donors (Lipinski definition) is 1. The Morgan fingerprint density at radius 1 is 1.44 bits per heavy atom. The van der Waals surface area contributed by atoms with Gasteiger partial charge in [-0.15, -0.1) is 0 Å². The topological polar surface area (TPSA) is 40.5 Å².